The van der Waals surface area contributed by atoms with Crippen LogP contribution < -0.4 is 10.4 Å². The van der Waals surface area contributed by atoms with Gasteiger partial charge in [0.1, 0.15) is 5.75 Å². The molecule has 0 aliphatic rings. The monoisotopic (exact) mass is 288 g/mol. The van der Waals surface area contributed by atoms with Gasteiger partial charge in [-0.15, -0.1) is 0 Å². The zero-order chi connectivity index (χ0) is 15.2. The quantitative estimate of drug-likeness (QED) is 0.818. The Balaban J connectivity index is 1.83. The summed E-state index contributed by atoms with van der Waals surface area (Å²) in [6.07, 6.45) is 3.96. The molecule has 21 heavy (non-hydrogen) atoms. The van der Waals surface area contributed by atoms with Crippen LogP contribution in [0.25, 0.3) is 0 Å². The maximum atomic E-state index is 11.5. The average molecular weight is 288 g/mol. The number of benzene rings is 1. The number of carbonyl (C=O) groups is 1. The van der Waals surface area contributed by atoms with Crippen LogP contribution in [0.4, 0.5) is 0 Å². The number of carboxylic acids is 1. The summed E-state index contributed by atoms with van der Waals surface area (Å²) < 4.78 is 7.05. The second-order valence-electron chi connectivity index (χ2n) is 4.64. The molecule has 0 aliphatic carbocycles. The molecule has 0 bridgehead atoms. The van der Waals surface area contributed by atoms with Crippen LogP contribution in [-0.4, -0.2) is 27.2 Å². The highest BCUT2D eigenvalue weighted by Gasteiger charge is 2.02. The summed E-state index contributed by atoms with van der Waals surface area (Å²) in [5.74, 6) is -0.359. The zero-order valence-electron chi connectivity index (χ0n) is 11.7. The van der Waals surface area contributed by atoms with Gasteiger partial charge in [0.2, 0.25) is 0 Å². The van der Waals surface area contributed by atoms with Gasteiger partial charge in [0, 0.05) is 18.9 Å². The van der Waals surface area contributed by atoms with E-state index in [0.717, 1.165) is 5.56 Å². The molecule has 0 unspecified atom stereocenters. The topological polar surface area (TPSA) is 81.4 Å². The molecule has 6 nitrogen and oxygen atoms in total. The van der Waals surface area contributed by atoms with Gasteiger partial charge in [0.25, 0.3) is 0 Å². The predicted octanol–water partition coefficient (Wildman–Crippen LogP) is 1.72. The third-order valence-electron chi connectivity index (χ3n) is 2.90. The summed E-state index contributed by atoms with van der Waals surface area (Å²) in [6, 6.07) is 6.22. The molecule has 1 aromatic carbocycles. The summed E-state index contributed by atoms with van der Waals surface area (Å²) >= 11 is 0. The first-order chi connectivity index (χ1) is 10.1. The van der Waals surface area contributed by atoms with Gasteiger partial charge in [-0.3, -0.25) is 4.57 Å². The minimum absolute atomic E-state index is 0.222. The maximum absolute atomic E-state index is 11.5. The lowest BCUT2D eigenvalue weighted by Crippen LogP contribution is -2.23. The Hall–Kier alpha value is -2.63. The standard InChI is InChI=1S/C15H16N2O4/c1-11-9-16-15(20)17(10-11)7-2-8-21-13-5-3-12(4-6-13)14(18)19/h3-6,9-10H,2,7-8H2,1H3,(H,18,19). The molecule has 0 spiro atoms. The first kappa shape index (κ1) is 14.8. The number of hydrogen-bond donors (Lipinski definition) is 1. The van der Waals surface area contributed by atoms with Crippen molar-refractivity contribution in [3.05, 3.63) is 58.3 Å². The lowest BCUT2D eigenvalue weighted by molar-refractivity contribution is 0.0697. The fourth-order valence-corrected chi connectivity index (χ4v) is 1.84. The molecule has 0 saturated carbocycles. The number of aryl methyl sites for hydroxylation is 2. The number of aromatic carboxylic acids is 1. The molecular weight excluding hydrogens is 272 g/mol. The van der Waals surface area contributed by atoms with Crippen molar-refractivity contribution < 1.29 is 14.6 Å². The Morgan fingerprint density at radius 2 is 2.05 bits per heavy atom. The van der Waals surface area contributed by atoms with Crippen LogP contribution in [-0.2, 0) is 6.54 Å². The lowest BCUT2D eigenvalue weighted by atomic mass is 10.2. The molecule has 0 atom stereocenters. The number of rotatable bonds is 6. The summed E-state index contributed by atoms with van der Waals surface area (Å²) in [5, 5.41) is 8.79. The number of aromatic nitrogens is 2. The van der Waals surface area contributed by atoms with Crippen molar-refractivity contribution >= 4 is 5.97 Å². The van der Waals surface area contributed by atoms with E-state index in [2.05, 4.69) is 4.98 Å². The van der Waals surface area contributed by atoms with Crippen molar-refractivity contribution in [1.29, 1.82) is 0 Å². The number of carboxylic acid groups (broad SMARTS) is 1. The highest BCUT2D eigenvalue weighted by molar-refractivity contribution is 5.87. The van der Waals surface area contributed by atoms with Gasteiger partial charge in [-0.1, -0.05) is 0 Å². The molecule has 6 heteroatoms. The molecule has 1 aromatic heterocycles. The SMILES string of the molecule is Cc1cnc(=O)n(CCCOc2ccc(C(=O)O)cc2)c1. The smallest absolute Gasteiger partial charge is 0.347 e. The van der Waals surface area contributed by atoms with Crippen LogP contribution in [0.2, 0.25) is 0 Å². The highest BCUT2D eigenvalue weighted by atomic mass is 16.5. The fourth-order valence-electron chi connectivity index (χ4n) is 1.84. The van der Waals surface area contributed by atoms with Crippen molar-refractivity contribution in [2.75, 3.05) is 6.61 Å². The number of ether oxygens (including phenoxy) is 1. The van der Waals surface area contributed by atoms with Crippen LogP contribution in [0.1, 0.15) is 22.3 Å². The second-order valence-corrected chi connectivity index (χ2v) is 4.64. The minimum atomic E-state index is -0.965. The average Bonchev–Trinajstić information content (AvgIpc) is 2.47. The van der Waals surface area contributed by atoms with Crippen molar-refractivity contribution in [2.45, 2.75) is 19.9 Å². The van der Waals surface area contributed by atoms with Gasteiger partial charge >= 0.3 is 11.7 Å². The normalized spacial score (nSPS) is 10.3. The zero-order valence-corrected chi connectivity index (χ0v) is 11.7. The Kier molecular flexibility index (Phi) is 4.71. The molecule has 0 fully saturated rings. The molecule has 1 heterocycles. The van der Waals surface area contributed by atoms with Gasteiger partial charge in [-0.2, -0.15) is 0 Å². The van der Waals surface area contributed by atoms with E-state index in [0.29, 0.717) is 25.3 Å². The van der Waals surface area contributed by atoms with Gasteiger partial charge in [-0.05, 0) is 43.2 Å². The van der Waals surface area contributed by atoms with E-state index in [9.17, 15) is 9.59 Å². The Bertz CT molecular complexity index is 677. The van der Waals surface area contributed by atoms with Crippen molar-refractivity contribution in [1.82, 2.24) is 9.55 Å². The molecule has 0 aliphatic heterocycles. The van der Waals surface area contributed by atoms with E-state index in [-0.39, 0.29) is 11.3 Å². The van der Waals surface area contributed by atoms with Crippen LogP contribution in [0.3, 0.4) is 0 Å². The van der Waals surface area contributed by atoms with Gasteiger partial charge in [-0.25, -0.2) is 14.6 Å². The molecule has 0 radical (unpaired) electrons. The van der Waals surface area contributed by atoms with Crippen LogP contribution in [0.5, 0.6) is 5.75 Å². The fraction of sp³-hybridized carbons (Fsp3) is 0.267. The number of nitrogens with zero attached hydrogens (tertiary/aromatic N) is 2. The van der Waals surface area contributed by atoms with Crippen LogP contribution in [0, 0.1) is 6.92 Å². The summed E-state index contributed by atoms with van der Waals surface area (Å²) in [6.45, 7) is 2.84. The van der Waals surface area contributed by atoms with Crippen molar-refractivity contribution in [3.8, 4) is 5.75 Å². The number of hydrogen-bond acceptors (Lipinski definition) is 4. The Labute approximate surface area is 121 Å². The lowest BCUT2D eigenvalue weighted by Gasteiger charge is -2.08. The van der Waals surface area contributed by atoms with Gasteiger partial charge < -0.3 is 9.84 Å². The first-order valence-corrected chi connectivity index (χ1v) is 6.55. The molecule has 1 N–H and O–H groups in total. The van der Waals surface area contributed by atoms with Crippen LogP contribution >= 0.6 is 0 Å². The van der Waals surface area contributed by atoms with E-state index in [4.69, 9.17) is 9.84 Å². The summed E-state index contributed by atoms with van der Waals surface area (Å²) in [5.41, 5.74) is 0.880. The van der Waals surface area contributed by atoms with E-state index < -0.39 is 5.97 Å². The van der Waals surface area contributed by atoms with E-state index in [1.807, 2.05) is 6.92 Å². The van der Waals surface area contributed by atoms with Gasteiger partial charge in [0.05, 0.1) is 12.2 Å². The Morgan fingerprint density at radius 1 is 1.33 bits per heavy atom. The second kappa shape index (κ2) is 6.69. The third-order valence-corrected chi connectivity index (χ3v) is 2.90. The molecule has 0 amide bonds. The minimum Gasteiger partial charge on any atom is -0.494 e. The predicted molar refractivity (Wildman–Crippen MR) is 76.7 cm³/mol. The van der Waals surface area contributed by atoms with Crippen molar-refractivity contribution in [3.63, 3.8) is 0 Å². The molecular formula is C15H16N2O4. The third kappa shape index (κ3) is 4.17. The van der Waals surface area contributed by atoms with Crippen molar-refractivity contribution in [2.24, 2.45) is 0 Å². The van der Waals surface area contributed by atoms with E-state index in [1.165, 1.54) is 12.1 Å². The molecule has 110 valence electrons. The summed E-state index contributed by atoms with van der Waals surface area (Å²) in [7, 11) is 0. The highest BCUT2D eigenvalue weighted by Crippen LogP contribution is 2.12. The molecule has 2 aromatic rings. The van der Waals surface area contributed by atoms with E-state index >= 15 is 0 Å². The first-order valence-electron chi connectivity index (χ1n) is 6.55. The van der Waals surface area contributed by atoms with Gasteiger partial charge in [0.15, 0.2) is 0 Å². The largest absolute Gasteiger partial charge is 0.494 e. The summed E-state index contributed by atoms with van der Waals surface area (Å²) in [4.78, 5) is 26.0. The maximum Gasteiger partial charge on any atom is 0.347 e. The molecule has 0 saturated heterocycles. The molecule has 2 rings (SSSR count). The Morgan fingerprint density at radius 3 is 2.71 bits per heavy atom. The van der Waals surface area contributed by atoms with Crippen LogP contribution in [0.15, 0.2) is 41.5 Å². The van der Waals surface area contributed by atoms with E-state index in [1.54, 1.807) is 29.1 Å².